The van der Waals surface area contributed by atoms with Crippen molar-refractivity contribution in [1.82, 2.24) is 10.2 Å². The van der Waals surface area contributed by atoms with E-state index in [-0.39, 0.29) is 5.91 Å². The molecule has 0 saturated carbocycles. The highest BCUT2D eigenvalue weighted by molar-refractivity contribution is 9.10. The number of carbonyl (C=O) groups is 1. The predicted molar refractivity (Wildman–Crippen MR) is 84.2 cm³/mol. The van der Waals surface area contributed by atoms with Crippen LogP contribution in [0.3, 0.4) is 0 Å². The molecule has 0 spiro atoms. The zero-order chi connectivity index (χ0) is 14.1. The minimum absolute atomic E-state index is 0.0682. The van der Waals surface area contributed by atoms with Crippen LogP contribution >= 0.6 is 27.5 Å². The smallest absolute Gasteiger partial charge is 0.255 e. The van der Waals surface area contributed by atoms with Crippen molar-refractivity contribution >= 4 is 33.4 Å². The lowest BCUT2D eigenvalue weighted by molar-refractivity contribution is 0.0711. The van der Waals surface area contributed by atoms with Crippen molar-refractivity contribution in [3.05, 3.63) is 33.3 Å². The molecule has 5 heteroatoms. The number of rotatable bonds is 2. The highest BCUT2D eigenvalue weighted by Gasteiger charge is 2.36. The van der Waals surface area contributed by atoms with E-state index in [1.54, 1.807) is 6.07 Å². The standard InChI is InChI=1S/C15H18BrClN2O/c16-10-5-6-11(12(17)9-10)15(20)19-8-2-4-14(19)13-3-1-7-18-13/h5-6,9,13-14,18H,1-4,7-8H2. The van der Waals surface area contributed by atoms with Gasteiger partial charge in [0.15, 0.2) is 0 Å². The SMILES string of the molecule is O=C(c1ccc(Br)cc1Cl)N1CCCC1C1CCCN1. The van der Waals surface area contributed by atoms with Crippen molar-refractivity contribution in [1.29, 1.82) is 0 Å². The van der Waals surface area contributed by atoms with Gasteiger partial charge in [-0.05, 0) is 50.4 Å². The van der Waals surface area contributed by atoms with Gasteiger partial charge in [0.25, 0.3) is 5.91 Å². The van der Waals surface area contributed by atoms with Crippen LogP contribution in [-0.2, 0) is 0 Å². The molecule has 20 heavy (non-hydrogen) atoms. The zero-order valence-corrected chi connectivity index (χ0v) is 13.6. The van der Waals surface area contributed by atoms with E-state index in [4.69, 9.17) is 11.6 Å². The molecule has 1 aromatic rings. The third-order valence-electron chi connectivity index (χ3n) is 4.28. The Hall–Kier alpha value is -0.580. The van der Waals surface area contributed by atoms with E-state index >= 15 is 0 Å². The van der Waals surface area contributed by atoms with Crippen LogP contribution in [0.4, 0.5) is 0 Å². The highest BCUT2D eigenvalue weighted by atomic mass is 79.9. The molecule has 2 atom stereocenters. The Bertz CT molecular complexity index is 517. The third kappa shape index (κ3) is 2.74. The summed E-state index contributed by atoms with van der Waals surface area (Å²) < 4.78 is 0.898. The molecule has 108 valence electrons. The van der Waals surface area contributed by atoms with E-state index in [2.05, 4.69) is 21.2 Å². The fourth-order valence-electron chi connectivity index (χ4n) is 3.32. The lowest BCUT2D eigenvalue weighted by atomic mass is 10.0. The van der Waals surface area contributed by atoms with Gasteiger partial charge < -0.3 is 10.2 Å². The molecule has 0 aromatic heterocycles. The summed E-state index contributed by atoms with van der Waals surface area (Å²) in [5.41, 5.74) is 0.611. The number of hydrogen-bond donors (Lipinski definition) is 1. The van der Waals surface area contributed by atoms with Crippen LogP contribution < -0.4 is 5.32 Å². The van der Waals surface area contributed by atoms with Crippen LogP contribution in [0.1, 0.15) is 36.0 Å². The van der Waals surface area contributed by atoms with Crippen molar-refractivity contribution in [2.45, 2.75) is 37.8 Å². The van der Waals surface area contributed by atoms with E-state index in [0.717, 1.165) is 30.4 Å². The maximum Gasteiger partial charge on any atom is 0.255 e. The van der Waals surface area contributed by atoms with Crippen molar-refractivity contribution < 1.29 is 4.79 Å². The number of nitrogens with zero attached hydrogens (tertiary/aromatic N) is 1. The Morgan fingerprint density at radius 2 is 2.20 bits per heavy atom. The van der Waals surface area contributed by atoms with Gasteiger partial charge in [0.2, 0.25) is 0 Å². The second-order valence-electron chi connectivity index (χ2n) is 5.54. The molecule has 2 unspecified atom stereocenters. The minimum Gasteiger partial charge on any atom is -0.334 e. The van der Waals surface area contributed by atoms with Crippen molar-refractivity contribution in [2.24, 2.45) is 0 Å². The molecule has 2 aliphatic rings. The average Bonchev–Trinajstić information content (AvgIpc) is 3.09. The normalized spacial score (nSPS) is 26.2. The number of likely N-dealkylation sites (tertiary alicyclic amines) is 1. The van der Waals surface area contributed by atoms with E-state index in [1.807, 2.05) is 17.0 Å². The molecule has 0 aliphatic carbocycles. The number of benzene rings is 1. The molecule has 0 radical (unpaired) electrons. The predicted octanol–water partition coefficient (Wildman–Crippen LogP) is 3.46. The van der Waals surface area contributed by atoms with Gasteiger partial charge in [0.1, 0.15) is 0 Å². The van der Waals surface area contributed by atoms with Gasteiger partial charge in [-0.2, -0.15) is 0 Å². The Kier molecular flexibility index (Phi) is 4.34. The molecule has 3 rings (SSSR count). The van der Waals surface area contributed by atoms with Crippen molar-refractivity contribution in [2.75, 3.05) is 13.1 Å². The first kappa shape index (κ1) is 14.4. The summed E-state index contributed by atoms with van der Waals surface area (Å²) in [5, 5.41) is 4.05. The number of amides is 1. The Morgan fingerprint density at radius 3 is 2.90 bits per heavy atom. The summed E-state index contributed by atoms with van der Waals surface area (Å²) in [7, 11) is 0. The molecule has 2 fully saturated rings. The lowest BCUT2D eigenvalue weighted by Crippen LogP contribution is -2.46. The lowest BCUT2D eigenvalue weighted by Gasteiger charge is -2.30. The first-order chi connectivity index (χ1) is 9.66. The number of carbonyl (C=O) groups excluding carboxylic acids is 1. The van der Waals surface area contributed by atoms with Gasteiger partial charge in [-0.15, -0.1) is 0 Å². The summed E-state index contributed by atoms with van der Waals surface area (Å²) in [6.45, 7) is 1.91. The Balaban J connectivity index is 1.81. The summed E-state index contributed by atoms with van der Waals surface area (Å²) in [6.07, 6.45) is 4.56. The van der Waals surface area contributed by atoms with Gasteiger partial charge in [-0.1, -0.05) is 27.5 Å². The molecule has 2 aliphatic heterocycles. The van der Waals surface area contributed by atoms with Gasteiger partial charge in [-0.25, -0.2) is 0 Å². The first-order valence-electron chi connectivity index (χ1n) is 7.16. The summed E-state index contributed by atoms with van der Waals surface area (Å²) in [5.74, 6) is 0.0682. The largest absolute Gasteiger partial charge is 0.334 e. The number of nitrogens with one attached hydrogen (secondary N) is 1. The fraction of sp³-hybridized carbons (Fsp3) is 0.533. The second-order valence-corrected chi connectivity index (χ2v) is 6.86. The molecule has 2 heterocycles. The second kappa shape index (κ2) is 6.04. The molecule has 1 aromatic carbocycles. The molecular formula is C15H18BrClN2O. The molecule has 0 bridgehead atoms. The Labute approximate surface area is 132 Å². The average molecular weight is 358 g/mol. The quantitative estimate of drug-likeness (QED) is 0.879. The van der Waals surface area contributed by atoms with Crippen LogP contribution in [0.5, 0.6) is 0 Å². The summed E-state index contributed by atoms with van der Waals surface area (Å²) in [4.78, 5) is 14.8. The third-order valence-corrected chi connectivity index (χ3v) is 5.09. The topological polar surface area (TPSA) is 32.3 Å². The van der Waals surface area contributed by atoms with Gasteiger partial charge >= 0.3 is 0 Å². The van der Waals surface area contributed by atoms with Crippen LogP contribution in [0.15, 0.2) is 22.7 Å². The van der Waals surface area contributed by atoms with E-state index < -0.39 is 0 Å². The zero-order valence-electron chi connectivity index (χ0n) is 11.2. The maximum atomic E-state index is 12.7. The fourth-order valence-corrected chi connectivity index (χ4v) is 4.07. The van der Waals surface area contributed by atoms with E-state index in [9.17, 15) is 4.79 Å². The van der Waals surface area contributed by atoms with Crippen LogP contribution in [0, 0.1) is 0 Å². The van der Waals surface area contributed by atoms with Gasteiger partial charge in [0.05, 0.1) is 10.6 Å². The molecular weight excluding hydrogens is 340 g/mol. The van der Waals surface area contributed by atoms with Crippen LogP contribution in [0.2, 0.25) is 5.02 Å². The summed E-state index contributed by atoms with van der Waals surface area (Å²) >= 11 is 9.59. The number of halogens is 2. The van der Waals surface area contributed by atoms with Gasteiger partial charge in [0, 0.05) is 23.1 Å². The molecule has 3 nitrogen and oxygen atoms in total. The molecule has 1 amide bonds. The Morgan fingerprint density at radius 1 is 1.35 bits per heavy atom. The maximum absolute atomic E-state index is 12.7. The highest BCUT2D eigenvalue weighted by Crippen LogP contribution is 2.29. The minimum atomic E-state index is 0.0682. The summed E-state index contributed by atoms with van der Waals surface area (Å²) in [6, 6.07) is 6.25. The van der Waals surface area contributed by atoms with Crippen LogP contribution in [0.25, 0.3) is 0 Å². The molecule has 1 N–H and O–H groups in total. The van der Waals surface area contributed by atoms with Crippen molar-refractivity contribution in [3.8, 4) is 0 Å². The van der Waals surface area contributed by atoms with Crippen molar-refractivity contribution in [3.63, 3.8) is 0 Å². The van der Waals surface area contributed by atoms with E-state index in [1.165, 1.54) is 12.8 Å². The van der Waals surface area contributed by atoms with Crippen LogP contribution in [-0.4, -0.2) is 36.0 Å². The van der Waals surface area contributed by atoms with E-state index in [0.29, 0.717) is 22.7 Å². The van der Waals surface area contributed by atoms with Gasteiger partial charge in [-0.3, -0.25) is 4.79 Å². The molecule has 2 saturated heterocycles. The number of hydrogen-bond acceptors (Lipinski definition) is 2. The monoisotopic (exact) mass is 356 g/mol. The first-order valence-corrected chi connectivity index (χ1v) is 8.33.